The number of halogens is 2. The van der Waals surface area contributed by atoms with Crippen molar-refractivity contribution in [1.82, 2.24) is 15.6 Å². The Kier molecular flexibility index (Phi) is 6.23. The molecule has 0 aromatic carbocycles. The second-order valence-corrected chi connectivity index (χ2v) is 5.59. The van der Waals surface area contributed by atoms with Gasteiger partial charge in [-0.15, -0.1) is 0 Å². The first-order valence-corrected chi connectivity index (χ1v) is 6.97. The molecule has 1 unspecified atom stereocenters. The van der Waals surface area contributed by atoms with Crippen LogP contribution >= 0.6 is 23.2 Å². The van der Waals surface area contributed by atoms with Crippen LogP contribution in [0.25, 0.3) is 0 Å². The minimum Gasteiger partial charge on any atom is -0.354 e. The molecule has 0 spiro atoms. The fourth-order valence-electron chi connectivity index (χ4n) is 1.37. The van der Waals surface area contributed by atoms with E-state index in [9.17, 15) is 9.59 Å². The van der Waals surface area contributed by atoms with E-state index in [-0.39, 0.29) is 21.8 Å². The van der Waals surface area contributed by atoms with Crippen molar-refractivity contribution in [2.75, 3.05) is 6.54 Å². The fourth-order valence-corrected chi connectivity index (χ4v) is 1.70. The normalized spacial score (nSPS) is 12.1. The van der Waals surface area contributed by atoms with Crippen LogP contribution in [0, 0.1) is 5.92 Å². The number of aromatic nitrogens is 1. The first-order chi connectivity index (χ1) is 9.31. The predicted molar refractivity (Wildman–Crippen MR) is 79.0 cm³/mol. The Labute approximate surface area is 128 Å². The molecule has 0 aliphatic rings. The van der Waals surface area contributed by atoms with Gasteiger partial charge >= 0.3 is 0 Å². The lowest BCUT2D eigenvalue weighted by molar-refractivity contribution is -0.122. The Morgan fingerprint density at radius 2 is 1.90 bits per heavy atom. The minimum absolute atomic E-state index is 0.00248. The average molecular weight is 318 g/mol. The molecule has 0 radical (unpaired) electrons. The zero-order valence-corrected chi connectivity index (χ0v) is 13.0. The van der Waals surface area contributed by atoms with E-state index in [1.54, 1.807) is 6.92 Å². The van der Waals surface area contributed by atoms with Gasteiger partial charge in [-0.3, -0.25) is 9.59 Å². The molecule has 2 N–H and O–H groups in total. The fraction of sp³-hybridized carbons (Fsp3) is 0.462. The number of nitrogens with zero attached hydrogens (tertiary/aromatic N) is 1. The lowest BCUT2D eigenvalue weighted by Gasteiger charge is -2.15. The summed E-state index contributed by atoms with van der Waals surface area (Å²) in [7, 11) is 0. The third-order valence-electron chi connectivity index (χ3n) is 2.45. The smallest absolute Gasteiger partial charge is 0.272 e. The standard InChI is InChI=1S/C13H17Cl2N3O2/c1-7(2)6-16-12(19)8(3)17-13(20)11-9(14)4-5-10(15)18-11/h4-5,7-8H,6H2,1-3H3,(H,16,19)(H,17,20). The second-order valence-electron chi connectivity index (χ2n) is 4.80. The molecule has 110 valence electrons. The highest BCUT2D eigenvalue weighted by molar-refractivity contribution is 6.34. The summed E-state index contributed by atoms with van der Waals surface area (Å²) >= 11 is 11.6. The molecule has 1 rings (SSSR count). The van der Waals surface area contributed by atoms with Gasteiger partial charge in [0, 0.05) is 6.54 Å². The van der Waals surface area contributed by atoms with Crippen molar-refractivity contribution in [2.24, 2.45) is 5.92 Å². The van der Waals surface area contributed by atoms with Crippen molar-refractivity contribution in [3.05, 3.63) is 28.0 Å². The van der Waals surface area contributed by atoms with Gasteiger partial charge in [-0.2, -0.15) is 0 Å². The van der Waals surface area contributed by atoms with E-state index in [1.807, 2.05) is 13.8 Å². The topological polar surface area (TPSA) is 71.1 Å². The van der Waals surface area contributed by atoms with Crippen LogP contribution in [0.15, 0.2) is 12.1 Å². The molecule has 0 saturated carbocycles. The van der Waals surface area contributed by atoms with Crippen LogP contribution in [0.5, 0.6) is 0 Å². The van der Waals surface area contributed by atoms with Crippen molar-refractivity contribution in [1.29, 1.82) is 0 Å². The van der Waals surface area contributed by atoms with Crippen LogP contribution in [0.3, 0.4) is 0 Å². The Balaban J connectivity index is 2.65. The number of nitrogens with one attached hydrogen (secondary N) is 2. The minimum atomic E-state index is -0.682. The zero-order chi connectivity index (χ0) is 15.3. The summed E-state index contributed by atoms with van der Waals surface area (Å²) in [6, 6.07) is 2.28. The molecule has 5 nitrogen and oxygen atoms in total. The van der Waals surface area contributed by atoms with Gasteiger partial charge in [0.15, 0.2) is 0 Å². The molecule has 1 heterocycles. The van der Waals surface area contributed by atoms with E-state index in [0.717, 1.165) is 0 Å². The van der Waals surface area contributed by atoms with Gasteiger partial charge in [0.1, 0.15) is 16.9 Å². The van der Waals surface area contributed by atoms with Crippen LogP contribution in [-0.2, 0) is 4.79 Å². The summed E-state index contributed by atoms with van der Waals surface area (Å²) in [6.45, 7) is 6.11. The van der Waals surface area contributed by atoms with Gasteiger partial charge in [0.05, 0.1) is 5.02 Å². The van der Waals surface area contributed by atoms with E-state index in [1.165, 1.54) is 12.1 Å². The first kappa shape index (κ1) is 16.7. The highest BCUT2D eigenvalue weighted by Crippen LogP contribution is 2.16. The highest BCUT2D eigenvalue weighted by Gasteiger charge is 2.19. The summed E-state index contributed by atoms with van der Waals surface area (Å²) < 4.78 is 0. The summed E-state index contributed by atoms with van der Waals surface area (Å²) in [5, 5.41) is 5.61. The molecular formula is C13H17Cl2N3O2. The maximum Gasteiger partial charge on any atom is 0.272 e. The molecule has 20 heavy (non-hydrogen) atoms. The van der Waals surface area contributed by atoms with Crippen molar-refractivity contribution >= 4 is 35.0 Å². The number of carbonyl (C=O) groups is 2. The second kappa shape index (κ2) is 7.45. The average Bonchev–Trinajstić information content (AvgIpc) is 2.38. The quantitative estimate of drug-likeness (QED) is 0.818. The van der Waals surface area contributed by atoms with Gasteiger partial charge in [-0.05, 0) is 25.0 Å². The molecule has 2 amide bonds. The van der Waals surface area contributed by atoms with Gasteiger partial charge in [0.2, 0.25) is 5.91 Å². The van der Waals surface area contributed by atoms with E-state index in [0.29, 0.717) is 12.5 Å². The first-order valence-electron chi connectivity index (χ1n) is 6.22. The molecule has 0 bridgehead atoms. The van der Waals surface area contributed by atoms with Crippen LogP contribution < -0.4 is 10.6 Å². The number of amides is 2. The van der Waals surface area contributed by atoms with Crippen molar-refractivity contribution in [3.8, 4) is 0 Å². The van der Waals surface area contributed by atoms with Gasteiger partial charge in [-0.25, -0.2) is 4.98 Å². The van der Waals surface area contributed by atoms with Gasteiger partial charge in [0.25, 0.3) is 5.91 Å². The van der Waals surface area contributed by atoms with Crippen molar-refractivity contribution in [2.45, 2.75) is 26.8 Å². The maximum atomic E-state index is 12.0. The van der Waals surface area contributed by atoms with Crippen LogP contribution in [-0.4, -0.2) is 29.4 Å². The number of rotatable bonds is 5. The number of carbonyl (C=O) groups excluding carboxylic acids is 2. The van der Waals surface area contributed by atoms with Crippen LogP contribution in [0.2, 0.25) is 10.2 Å². The monoisotopic (exact) mass is 317 g/mol. The van der Waals surface area contributed by atoms with Crippen LogP contribution in [0.1, 0.15) is 31.3 Å². The SMILES string of the molecule is CC(C)CNC(=O)C(C)NC(=O)c1nc(Cl)ccc1Cl. The lowest BCUT2D eigenvalue weighted by atomic mass is 10.2. The Morgan fingerprint density at radius 3 is 2.50 bits per heavy atom. The summed E-state index contributed by atoms with van der Waals surface area (Å²) in [5.41, 5.74) is 0.00248. The van der Waals surface area contributed by atoms with E-state index >= 15 is 0 Å². The number of hydrogen-bond acceptors (Lipinski definition) is 3. The van der Waals surface area contributed by atoms with Crippen molar-refractivity contribution in [3.63, 3.8) is 0 Å². The highest BCUT2D eigenvalue weighted by atomic mass is 35.5. The summed E-state index contributed by atoms with van der Waals surface area (Å²) in [5.74, 6) is -0.458. The Morgan fingerprint density at radius 1 is 1.25 bits per heavy atom. The molecule has 1 aromatic rings. The Hall–Kier alpha value is -1.33. The van der Waals surface area contributed by atoms with E-state index < -0.39 is 11.9 Å². The molecular weight excluding hydrogens is 301 g/mol. The molecule has 0 aliphatic carbocycles. The zero-order valence-electron chi connectivity index (χ0n) is 11.5. The lowest BCUT2D eigenvalue weighted by Crippen LogP contribution is -2.45. The maximum absolute atomic E-state index is 12.0. The third kappa shape index (κ3) is 4.98. The Bertz CT molecular complexity index is 506. The molecule has 1 atom stereocenters. The predicted octanol–water partition coefficient (Wildman–Crippen LogP) is 2.28. The molecule has 0 aliphatic heterocycles. The molecule has 1 aromatic heterocycles. The molecule has 7 heteroatoms. The van der Waals surface area contributed by atoms with Crippen molar-refractivity contribution < 1.29 is 9.59 Å². The van der Waals surface area contributed by atoms with E-state index in [4.69, 9.17) is 23.2 Å². The largest absolute Gasteiger partial charge is 0.354 e. The van der Waals surface area contributed by atoms with Crippen LogP contribution in [0.4, 0.5) is 0 Å². The third-order valence-corrected chi connectivity index (χ3v) is 2.97. The van der Waals surface area contributed by atoms with Gasteiger partial charge in [-0.1, -0.05) is 37.0 Å². The number of hydrogen-bond donors (Lipinski definition) is 2. The summed E-state index contributed by atoms with van der Waals surface area (Å²) in [4.78, 5) is 27.6. The van der Waals surface area contributed by atoms with Gasteiger partial charge < -0.3 is 10.6 Å². The summed E-state index contributed by atoms with van der Waals surface area (Å²) in [6.07, 6.45) is 0. The molecule has 0 fully saturated rings. The number of pyridine rings is 1. The molecule has 0 saturated heterocycles. The van der Waals surface area contributed by atoms with E-state index in [2.05, 4.69) is 15.6 Å².